The van der Waals surface area contributed by atoms with E-state index in [0.717, 1.165) is 34.9 Å². The topological polar surface area (TPSA) is 55.1 Å². The van der Waals surface area contributed by atoms with Gasteiger partial charge in [0.15, 0.2) is 0 Å². The largest absolute Gasteiger partial charge is 0.348 e. The number of nitrogens with one attached hydrogen (secondary N) is 1. The third-order valence-electron chi connectivity index (χ3n) is 3.86. The van der Waals surface area contributed by atoms with E-state index in [2.05, 4.69) is 5.32 Å². The lowest BCUT2D eigenvalue weighted by Crippen LogP contribution is -2.49. The van der Waals surface area contributed by atoms with Crippen LogP contribution in [0.3, 0.4) is 0 Å². The van der Waals surface area contributed by atoms with E-state index in [9.17, 15) is 4.79 Å². The SMILES string of the molecule is NC1CCCCC1NC(=O)c1csc2ccccc12. The Labute approximate surface area is 116 Å². The van der Waals surface area contributed by atoms with Gasteiger partial charge in [0.25, 0.3) is 5.91 Å². The summed E-state index contributed by atoms with van der Waals surface area (Å²) in [6.07, 6.45) is 4.34. The molecule has 1 heterocycles. The maximum Gasteiger partial charge on any atom is 0.253 e. The Morgan fingerprint density at radius 2 is 2.05 bits per heavy atom. The summed E-state index contributed by atoms with van der Waals surface area (Å²) in [7, 11) is 0. The van der Waals surface area contributed by atoms with E-state index in [4.69, 9.17) is 5.73 Å². The zero-order chi connectivity index (χ0) is 13.2. The average Bonchev–Trinajstić information content (AvgIpc) is 2.85. The van der Waals surface area contributed by atoms with Crippen molar-refractivity contribution in [1.29, 1.82) is 0 Å². The van der Waals surface area contributed by atoms with Crippen molar-refractivity contribution in [3.05, 3.63) is 35.2 Å². The molecule has 1 aliphatic carbocycles. The minimum atomic E-state index is 0.0137. The smallest absolute Gasteiger partial charge is 0.253 e. The first-order chi connectivity index (χ1) is 9.25. The van der Waals surface area contributed by atoms with Gasteiger partial charge in [-0.3, -0.25) is 4.79 Å². The lowest BCUT2D eigenvalue weighted by atomic mass is 9.91. The molecule has 4 heteroatoms. The number of carbonyl (C=O) groups is 1. The van der Waals surface area contributed by atoms with Crippen LogP contribution in [-0.4, -0.2) is 18.0 Å². The fourth-order valence-corrected chi connectivity index (χ4v) is 3.68. The van der Waals surface area contributed by atoms with Crippen molar-refractivity contribution < 1.29 is 4.79 Å². The summed E-state index contributed by atoms with van der Waals surface area (Å²) in [4.78, 5) is 12.4. The average molecular weight is 274 g/mol. The lowest BCUT2D eigenvalue weighted by molar-refractivity contribution is 0.0923. The summed E-state index contributed by atoms with van der Waals surface area (Å²) >= 11 is 1.61. The second-order valence-electron chi connectivity index (χ2n) is 5.17. The number of fused-ring (bicyclic) bond motifs is 1. The number of carbonyl (C=O) groups excluding carboxylic acids is 1. The van der Waals surface area contributed by atoms with Gasteiger partial charge in [-0.1, -0.05) is 31.0 Å². The summed E-state index contributed by atoms with van der Waals surface area (Å²) in [5, 5.41) is 6.08. The lowest BCUT2D eigenvalue weighted by Gasteiger charge is -2.29. The Bertz CT molecular complexity index is 593. The molecular formula is C15H18N2OS. The Morgan fingerprint density at radius 3 is 2.89 bits per heavy atom. The summed E-state index contributed by atoms with van der Waals surface area (Å²) in [5.74, 6) is 0.0137. The van der Waals surface area contributed by atoms with E-state index in [1.165, 1.54) is 6.42 Å². The van der Waals surface area contributed by atoms with Gasteiger partial charge in [0.1, 0.15) is 0 Å². The fraction of sp³-hybridized carbons (Fsp3) is 0.400. The normalized spacial score (nSPS) is 23.4. The van der Waals surface area contributed by atoms with Gasteiger partial charge in [-0.15, -0.1) is 11.3 Å². The molecule has 0 radical (unpaired) electrons. The maximum absolute atomic E-state index is 12.4. The Balaban J connectivity index is 1.80. The van der Waals surface area contributed by atoms with Crippen molar-refractivity contribution in [3.8, 4) is 0 Å². The van der Waals surface area contributed by atoms with Gasteiger partial charge in [-0.05, 0) is 18.9 Å². The number of thiophene rings is 1. The molecule has 2 atom stereocenters. The highest BCUT2D eigenvalue weighted by Crippen LogP contribution is 2.26. The van der Waals surface area contributed by atoms with Gasteiger partial charge >= 0.3 is 0 Å². The van der Waals surface area contributed by atoms with Gasteiger partial charge in [-0.2, -0.15) is 0 Å². The first kappa shape index (κ1) is 12.6. The zero-order valence-electron chi connectivity index (χ0n) is 10.8. The molecule has 1 amide bonds. The van der Waals surface area contributed by atoms with Crippen LogP contribution < -0.4 is 11.1 Å². The predicted molar refractivity (Wildman–Crippen MR) is 79.5 cm³/mol. The molecular weight excluding hydrogens is 256 g/mol. The van der Waals surface area contributed by atoms with Crippen LogP contribution >= 0.6 is 11.3 Å². The number of rotatable bonds is 2. The molecule has 19 heavy (non-hydrogen) atoms. The molecule has 2 aromatic rings. The fourth-order valence-electron chi connectivity index (χ4n) is 2.74. The van der Waals surface area contributed by atoms with Crippen LogP contribution in [0.1, 0.15) is 36.0 Å². The molecule has 100 valence electrons. The number of benzene rings is 1. The van der Waals surface area contributed by atoms with E-state index < -0.39 is 0 Å². The van der Waals surface area contributed by atoms with Gasteiger partial charge in [0.2, 0.25) is 0 Å². The van der Waals surface area contributed by atoms with Crippen LogP contribution in [0.2, 0.25) is 0 Å². The van der Waals surface area contributed by atoms with E-state index in [1.807, 2.05) is 29.6 Å². The van der Waals surface area contributed by atoms with Gasteiger partial charge in [0.05, 0.1) is 5.56 Å². The summed E-state index contributed by atoms with van der Waals surface area (Å²) < 4.78 is 1.15. The van der Waals surface area contributed by atoms with Crippen LogP contribution in [0.15, 0.2) is 29.6 Å². The van der Waals surface area contributed by atoms with Crippen molar-refractivity contribution >= 4 is 27.3 Å². The molecule has 3 rings (SSSR count). The second kappa shape index (κ2) is 5.31. The number of hydrogen-bond acceptors (Lipinski definition) is 3. The molecule has 0 bridgehead atoms. The highest BCUT2D eigenvalue weighted by molar-refractivity contribution is 7.17. The van der Waals surface area contributed by atoms with Crippen LogP contribution in [0.25, 0.3) is 10.1 Å². The third-order valence-corrected chi connectivity index (χ3v) is 4.82. The van der Waals surface area contributed by atoms with Crippen LogP contribution in [0.4, 0.5) is 0 Å². The molecule has 0 saturated heterocycles. The third kappa shape index (κ3) is 2.51. The molecule has 2 unspecified atom stereocenters. The van der Waals surface area contributed by atoms with Crippen molar-refractivity contribution in [2.24, 2.45) is 5.73 Å². The molecule has 1 aliphatic rings. The maximum atomic E-state index is 12.4. The molecule has 3 N–H and O–H groups in total. The molecule has 1 fully saturated rings. The zero-order valence-corrected chi connectivity index (χ0v) is 11.6. The molecule has 3 nitrogen and oxygen atoms in total. The van der Waals surface area contributed by atoms with E-state index >= 15 is 0 Å². The predicted octanol–water partition coefficient (Wildman–Crippen LogP) is 2.90. The minimum absolute atomic E-state index is 0.0137. The standard InChI is InChI=1S/C15H18N2OS/c16-12-6-2-3-7-13(12)17-15(18)11-9-19-14-8-4-1-5-10(11)14/h1,4-5,8-9,12-13H,2-3,6-7,16H2,(H,17,18). The Hall–Kier alpha value is -1.39. The van der Waals surface area contributed by atoms with Crippen LogP contribution in [-0.2, 0) is 0 Å². The van der Waals surface area contributed by atoms with Crippen molar-refractivity contribution in [3.63, 3.8) is 0 Å². The molecule has 1 aromatic carbocycles. The molecule has 1 aromatic heterocycles. The van der Waals surface area contributed by atoms with E-state index in [1.54, 1.807) is 11.3 Å². The molecule has 1 saturated carbocycles. The Kier molecular flexibility index (Phi) is 3.53. The van der Waals surface area contributed by atoms with E-state index in [-0.39, 0.29) is 18.0 Å². The highest BCUT2D eigenvalue weighted by Gasteiger charge is 2.24. The van der Waals surface area contributed by atoms with Crippen LogP contribution in [0, 0.1) is 0 Å². The summed E-state index contributed by atoms with van der Waals surface area (Å²) in [6, 6.07) is 8.24. The Morgan fingerprint density at radius 1 is 1.26 bits per heavy atom. The van der Waals surface area contributed by atoms with Gasteiger partial charge < -0.3 is 11.1 Å². The highest BCUT2D eigenvalue weighted by atomic mass is 32.1. The number of nitrogens with two attached hydrogens (primary N) is 1. The van der Waals surface area contributed by atoms with E-state index in [0.29, 0.717) is 0 Å². The van der Waals surface area contributed by atoms with Crippen molar-refractivity contribution in [2.75, 3.05) is 0 Å². The molecule has 0 spiro atoms. The van der Waals surface area contributed by atoms with Gasteiger partial charge in [-0.25, -0.2) is 0 Å². The number of amides is 1. The van der Waals surface area contributed by atoms with Gasteiger partial charge in [0, 0.05) is 27.5 Å². The summed E-state index contributed by atoms with van der Waals surface area (Å²) in [5.41, 5.74) is 6.86. The first-order valence-electron chi connectivity index (χ1n) is 6.78. The quantitative estimate of drug-likeness (QED) is 0.884. The monoisotopic (exact) mass is 274 g/mol. The second-order valence-corrected chi connectivity index (χ2v) is 6.09. The van der Waals surface area contributed by atoms with Crippen molar-refractivity contribution in [1.82, 2.24) is 5.32 Å². The minimum Gasteiger partial charge on any atom is -0.348 e. The first-order valence-corrected chi connectivity index (χ1v) is 7.66. The molecule has 0 aliphatic heterocycles. The summed E-state index contributed by atoms with van der Waals surface area (Å²) in [6.45, 7) is 0. The van der Waals surface area contributed by atoms with Crippen molar-refractivity contribution in [2.45, 2.75) is 37.8 Å². The van der Waals surface area contributed by atoms with Crippen LogP contribution in [0.5, 0.6) is 0 Å². The number of hydrogen-bond donors (Lipinski definition) is 2.